The van der Waals surface area contributed by atoms with Crippen LogP contribution in [0.25, 0.3) is 0 Å². The van der Waals surface area contributed by atoms with Gasteiger partial charge in [0.2, 0.25) is 5.91 Å². The number of hydrogen-bond acceptors (Lipinski definition) is 4. The van der Waals surface area contributed by atoms with Crippen molar-refractivity contribution in [2.24, 2.45) is 0 Å². The van der Waals surface area contributed by atoms with Crippen molar-refractivity contribution in [2.75, 3.05) is 20.8 Å². The Morgan fingerprint density at radius 3 is 2.38 bits per heavy atom. The fraction of sp³-hybridized carbons (Fsp3) is 0.381. The third-order valence-electron chi connectivity index (χ3n) is 4.07. The van der Waals surface area contributed by atoms with Gasteiger partial charge in [0.25, 0.3) is 0 Å². The molecule has 2 aromatic rings. The van der Waals surface area contributed by atoms with Gasteiger partial charge in [-0.2, -0.15) is 0 Å². The molecule has 0 aliphatic rings. The number of methoxy groups -OCH3 is 2. The molecule has 0 saturated heterocycles. The van der Waals surface area contributed by atoms with Gasteiger partial charge in [0, 0.05) is 6.42 Å². The molecule has 0 aliphatic heterocycles. The Bertz CT molecular complexity index is 730. The van der Waals surface area contributed by atoms with Crippen molar-refractivity contribution in [2.45, 2.75) is 32.7 Å². The molecular formula is C21H27NO4. The summed E-state index contributed by atoms with van der Waals surface area (Å²) in [5, 5.41) is 2.97. The Labute approximate surface area is 155 Å². The van der Waals surface area contributed by atoms with Gasteiger partial charge in [-0.05, 0) is 49.6 Å². The minimum atomic E-state index is -0.0926. The number of carbonyl (C=O) groups is 1. The molecule has 0 bridgehead atoms. The van der Waals surface area contributed by atoms with Gasteiger partial charge in [-0.1, -0.05) is 24.3 Å². The van der Waals surface area contributed by atoms with E-state index < -0.39 is 0 Å². The lowest BCUT2D eigenvalue weighted by Gasteiger charge is -2.16. The summed E-state index contributed by atoms with van der Waals surface area (Å²) in [7, 11) is 3.26. The number of rotatable bonds is 9. The molecule has 1 atom stereocenters. The molecule has 0 aromatic heterocycles. The van der Waals surface area contributed by atoms with E-state index in [0.29, 0.717) is 30.9 Å². The van der Waals surface area contributed by atoms with E-state index in [1.54, 1.807) is 14.2 Å². The number of ether oxygens (including phenoxy) is 3. The monoisotopic (exact) mass is 357 g/mol. The van der Waals surface area contributed by atoms with E-state index in [1.165, 1.54) is 0 Å². The van der Waals surface area contributed by atoms with Gasteiger partial charge in [0.15, 0.2) is 11.5 Å². The predicted molar refractivity (Wildman–Crippen MR) is 102 cm³/mol. The first-order chi connectivity index (χ1) is 12.5. The van der Waals surface area contributed by atoms with Crippen LogP contribution in [0.2, 0.25) is 0 Å². The maximum atomic E-state index is 12.2. The Morgan fingerprint density at radius 2 is 1.73 bits per heavy atom. The minimum Gasteiger partial charge on any atom is -0.496 e. The lowest BCUT2D eigenvalue weighted by molar-refractivity contribution is -0.121. The molecule has 0 spiro atoms. The second kappa shape index (κ2) is 9.70. The highest BCUT2D eigenvalue weighted by atomic mass is 16.5. The van der Waals surface area contributed by atoms with Gasteiger partial charge < -0.3 is 19.5 Å². The topological polar surface area (TPSA) is 56.8 Å². The largest absolute Gasteiger partial charge is 0.496 e. The molecule has 1 N–H and O–H groups in total. The van der Waals surface area contributed by atoms with Crippen LogP contribution in [0.3, 0.4) is 0 Å². The molecule has 5 heteroatoms. The van der Waals surface area contributed by atoms with Gasteiger partial charge in [-0.15, -0.1) is 0 Å². The molecule has 0 heterocycles. The number of nitrogens with one attached hydrogen (secondary N) is 1. The number of para-hydroxylation sites is 2. The maximum Gasteiger partial charge on any atom is 0.220 e. The van der Waals surface area contributed by atoms with Crippen molar-refractivity contribution < 1.29 is 19.0 Å². The van der Waals surface area contributed by atoms with Crippen molar-refractivity contribution in [3.63, 3.8) is 0 Å². The third-order valence-corrected chi connectivity index (χ3v) is 4.07. The molecule has 1 amide bonds. The van der Waals surface area contributed by atoms with Crippen molar-refractivity contribution >= 4 is 5.91 Å². The zero-order valence-corrected chi connectivity index (χ0v) is 15.9. The van der Waals surface area contributed by atoms with Crippen LogP contribution in [0.15, 0.2) is 42.5 Å². The number of amides is 1. The van der Waals surface area contributed by atoms with E-state index in [0.717, 1.165) is 16.9 Å². The number of hydrogen-bond donors (Lipinski definition) is 1. The van der Waals surface area contributed by atoms with Gasteiger partial charge in [-0.3, -0.25) is 4.79 Å². The zero-order chi connectivity index (χ0) is 18.9. The molecule has 26 heavy (non-hydrogen) atoms. The Hall–Kier alpha value is -2.69. The summed E-state index contributed by atoms with van der Waals surface area (Å²) >= 11 is 0. The van der Waals surface area contributed by atoms with Crippen LogP contribution in [0.1, 0.15) is 24.5 Å². The molecule has 140 valence electrons. The lowest BCUT2D eigenvalue weighted by Crippen LogP contribution is -2.36. The number of benzene rings is 2. The Morgan fingerprint density at radius 1 is 1.04 bits per heavy atom. The molecule has 0 aliphatic carbocycles. The van der Waals surface area contributed by atoms with Crippen LogP contribution >= 0.6 is 0 Å². The highest BCUT2D eigenvalue weighted by molar-refractivity contribution is 5.76. The summed E-state index contributed by atoms with van der Waals surface area (Å²) in [5.74, 6) is 2.22. The number of carbonyl (C=O) groups excluding carboxylic acids is 1. The summed E-state index contributed by atoms with van der Waals surface area (Å²) in [6.07, 6.45) is 1.13. The molecule has 2 rings (SSSR count). The summed E-state index contributed by atoms with van der Waals surface area (Å²) in [4.78, 5) is 12.2. The highest BCUT2D eigenvalue weighted by Gasteiger charge is 2.10. The van der Waals surface area contributed by atoms with E-state index in [2.05, 4.69) is 11.4 Å². The maximum absolute atomic E-state index is 12.2. The zero-order valence-electron chi connectivity index (χ0n) is 15.9. The summed E-state index contributed by atoms with van der Waals surface area (Å²) < 4.78 is 16.2. The second-order valence-electron chi connectivity index (χ2n) is 6.23. The number of aryl methyl sites for hydroxylation is 2. The van der Waals surface area contributed by atoms with Crippen molar-refractivity contribution in [1.82, 2.24) is 5.32 Å². The molecular weight excluding hydrogens is 330 g/mol. The summed E-state index contributed by atoms with van der Waals surface area (Å²) in [6, 6.07) is 13.4. The Kier molecular flexibility index (Phi) is 7.33. The second-order valence-corrected chi connectivity index (χ2v) is 6.23. The fourth-order valence-corrected chi connectivity index (χ4v) is 2.70. The predicted octanol–water partition coefficient (Wildman–Crippen LogP) is 3.53. The Balaban J connectivity index is 1.77. The average Bonchev–Trinajstić information content (AvgIpc) is 2.65. The summed E-state index contributed by atoms with van der Waals surface area (Å²) in [6.45, 7) is 4.30. The molecule has 0 radical (unpaired) electrons. The van der Waals surface area contributed by atoms with Crippen molar-refractivity contribution in [3.8, 4) is 17.2 Å². The molecule has 0 saturated carbocycles. The SMILES string of the molecule is COc1ccc(CCC(=O)N[C@@H](C)COc2ccccc2OC)cc1C. The van der Waals surface area contributed by atoms with Gasteiger partial charge >= 0.3 is 0 Å². The first kappa shape index (κ1) is 19.6. The van der Waals surface area contributed by atoms with E-state index >= 15 is 0 Å². The lowest BCUT2D eigenvalue weighted by atomic mass is 10.1. The summed E-state index contributed by atoms with van der Waals surface area (Å²) in [5.41, 5.74) is 2.19. The van der Waals surface area contributed by atoms with Crippen LogP contribution in [-0.4, -0.2) is 32.8 Å². The molecule has 0 fully saturated rings. The van der Waals surface area contributed by atoms with Crippen molar-refractivity contribution in [1.29, 1.82) is 0 Å². The van der Waals surface area contributed by atoms with Crippen LogP contribution in [0, 0.1) is 6.92 Å². The third kappa shape index (κ3) is 5.69. The van der Waals surface area contributed by atoms with E-state index in [4.69, 9.17) is 14.2 Å². The van der Waals surface area contributed by atoms with Gasteiger partial charge in [0.1, 0.15) is 12.4 Å². The van der Waals surface area contributed by atoms with E-state index in [1.807, 2.05) is 50.2 Å². The van der Waals surface area contributed by atoms with E-state index in [-0.39, 0.29) is 11.9 Å². The van der Waals surface area contributed by atoms with E-state index in [9.17, 15) is 4.79 Å². The fourth-order valence-electron chi connectivity index (χ4n) is 2.70. The average molecular weight is 357 g/mol. The smallest absolute Gasteiger partial charge is 0.220 e. The van der Waals surface area contributed by atoms with Crippen LogP contribution < -0.4 is 19.5 Å². The normalized spacial score (nSPS) is 11.5. The van der Waals surface area contributed by atoms with Crippen LogP contribution in [-0.2, 0) is 11.2 Å². The van der Waals surface area contributed by atoms with Crippen LogP contribution in [0.4, 0.5) is 0 Å². The van der Waals surface area contributed by atoms with Gasteiger partial charge in [-0.25, -0.2) is 0 Å². The molecule has 5 nitrogen and oxygen atoms in total. The quantitative estimate of drug-likeness (QED) is 0.746. The standard InChI is InChI=1S/C21H27NO4/c1-15-13-17(9-11-18(15)24-3)10-12-21(23)22-16(2)14-26-20-8-6-5-7-19(20)25-4/h5-9,11,13,16H,10,12,14H2,1-4H3,(H,22,23)/t16-/m0/s1. The first-order valence-electron chi connectivity index (χ1n) is 8.72. The van der Waals surface area contributed by atoms with Crippen molar-refractivity contribution in [3.05, 3.63) is 53.6 Å². The molecule has 2 aromatic carbocycles. The van der Waals surface area contributed by atoms with Crippen LogP contribution in [0.5, 0.6) is 17.2 Å². The minimum absolute atomic E-state index is 0.00889. The first-order valence-corrected chi connectivity index (χ1v) is 8.72. The molecule has 0 unspecified atom stereocenters. The van der Waals surface area contributed by atoms with Gasteiger partial charge in [0.05, 0.1) is 20.3 Å². The highest BCUT2D eigenvalue weighted by Crippen LogP contribution is 2.25.